The first-order valence-corrected chi connectivity index (χ1v) is 8.50. The van der Waals surface area contributed by atoms with E-state index < -0.39 is 5.92 Å². The van der Waals surface area contributed by atoms with Crippen LogP contribution in [0.25, 0.3) is 0 Å². The molecule has 0 unspecified atom stereocenters. The van der Waals surface area contributed by atoms with Crippen molar-refractivity contribution in [2.75, 3.05) is 32.7 Å². The lowest BCUT2D eigenvalue weighted by Gasteiger charge is -2.22. The first kappa shape index (κ1) is 18.7. The zero-order valence-electron chi connectivity index (χ0n) is 15.8. The largest absolute Gasteiger partial charge is 0.497 e. The van der Waals surface area contributed by atoms with E-state index in [1.165, 1.54) is 7.11 Å². The number of rotatable bonds is 6. The number of ether oxygens (including phenoxy) is 2. The van der Waals surface area contributed by atoms with Gasteiger partial charge in [-0.2, -0.15) is 0 Å². The predicted molar refractivity (Wildman–Crippen MR) is 95.5 cm³/mol. The van der Waals surface area contributed by atoms with Gasteiger partial charge in [0.1, 0.15) is 22.9 Å². The van der Waals surface area contributed by atoms with Crippen LogP contribution in [0.4, 0.5) is 5.69 Å². The molecule has 2 heterocycles. The Morgan fingerprint density at radius 2 is 2.11 bits per heavy atom. The Bertz CT molecular complexity index is 850. The number of amides is 2. The average Bonchev–Trinajstić information content (AvgIpc) is 3.26. The first-order chi connectivity index (χ1) is 12.9. The molecule has 1 aromatic carbocycles. The molecule has 144 valence electrons. The van der Waals surface area contributed by atoms with Gasteiger partial charge in [-0.15, -0.1) is 0 Å². The van der Waals surface area contributed by atoms with Gasteiger partial charge in [0.2, 0.25) is 11.8 Å². The van der Waals surface area contributed by atoms with E-state index in [9.17, 15) is 9.59 Å². The van der Waals surface area contributed by atoms with Crippen molar-refractivity contribution >= 4 is 17.5 Å². The molecule has 2 aromatic rings. The normalized spacial score (nSPS) is 16.5. The van der Waals surface area contributed by atoms with Crippen molar-refractivity contribution in [3.8, 4) is 11.5 Å². The first-order valence-electron chi connectivity index (χ1n) is 8.50. The summed E-state index contributed by atoms with van der Waals surface area (Å²) in [6, 6.07) is 5.23. The Kier molecular flexibility index (Phi) is 5.29. The highest BCUT2D eigenvalue weighted by molar-refractivity contribution is 6.01. The molecule has 0 bridgehead atoms. The molecule has 1 aromatic heterocycles. The van der Waals surface area contributed by atoms with Crippen molar-refractivity contribution in [3.63, 3.8) is 0 Å². The minimum atomic E-state index is -0.436. The Hall–Kier alpha value is -3.10. The summed E-state index contributed by atoms with van der Waals surface area (Å²) in [6.45, 7) is 2.34. The molecule has 1 atom stereocenters. The SMILES string of the molecule is COc1ccc(N2C[C@@H](C(=O)N(C)Cc3nonc3C)CC2=O)c(OC)c1. The highest BCUT2D eigenvalue weighted by atomic mass is 16.6. The molecule has 9 nitrogen and oxygen atoms in total. The van der Waals surface area contributed by atoms with Crippen LogP contribution in [-0.2, 0) is 16.1 Å². The predicted octanol–water partition coefficient (Wildman–Crippen LogP) is 1.41. The number of benzene rings is 1. The Labute approximate surface area is 156 Å². The second-order valence-corrected chi connectivity index (χ2v) is 6.43. The minimum absolute atomic E-state index is 0.121. The summed E-state index contributed by atoms with van der Waals surface area (Å²) < 4.78 is 15.2. The lowest BCUT2D eigenvalue weighted by atomic mass is 10.1. The third kappa shape index (κ3) is 3.71. The maximum absolute atomic E-state index is 12.8. The second-order valence-electron chi connectivity index (χ2n) is 6.43. The van der Waals surface area contributed by atoms with Crippen LogP contribution in [0.3, 0.4) is 0 Å². The molecule has 0 aliphatic carbocycles. The van der Waals surface area contributed by atoms with E-state index in [2.05, 4.69) is 14.9 Å². The topological polar surface area (TPSA) is 98.0 Å². The molecule has 0 N–H and O–H groups in total. The zero-order valence-corrected chi connectivity index (χ0v) is 15.8. The Morgan fingerprint density at radius 1 is 1.33 bits per heavy atom. The van der Waals surface area contributed by atoms with E-state index in [0.29, 0.717) is 35.1 Å². The van der Waals surface area contributed by atoms with E-state index in [1.807, 2.05) is 0 Å². The van der Waals surface area contributed by atoms with Gasteiger partial charge in [-0.1, -0.05) is 10.3 Å². The van der Waals surface area contributed by atoms with Gasteiger partial charge in [-0.3, -0.25) is 9.59 Å². The molecule has 1 aliphatic heterocycles. The third-order valence-corrected chi connectivity index (χ3v) is 4.66. The molecule has 1 fully saturated rings. The van der Waals surface area contributed by atoms with Crippen LogP contribution in [0.2, 0.25) is 0 Å². The van der Waals surface area contributed by atoms with Crippen LogP contribution in [0, 0.1) is 12.8 Å². The van der Waals surface area contributed by atoms with Crippen molar-refractivity contribution in [1.29, 1.82) is 0 Å². The second kappa shape index (κ2) is 7.65. The molecular weight excluding hydrogens is 352 g/mol. The molecule has 1 aliphatic rings. The molecule has 0 radical (unpaired) electrons. The highest BCUT2D eigenvalue weighted by Crippen LogP contribution is 2.36. The van der Waals surface area contributed by atoms with Gasteiger partial charge < -0.3 is 19.3 Å². The van der Waals surface area contributed by atoms with Crippen LogP contribution in [0.5, 0.6) is 11.5 Å². The smallest absolute Gasteiger partial charge is 0.228 e. The monoisotopic (exact) mass is 374 g/mol. The molecule has 0 saturated carbocycles. The fourth-order valence-corrected chi connectivity index (χ4v) is 3.12. The lowest BCUT2D eigenvalue weighted by Crippen LogP contribution is -2.34. The number of aryl methyl sites for hydroxylation is 1. The Balaban J connectivity index is 1.73. The number of nitrogens with zero attached hydrogens (tertiary/aromatic N) is 4. The van der Waals surface area contributed by atoms with E-state index in [-0.39, 0.29) is 24.8 Å². The zero-order chi connectivity index (χ0) is 19.6. The van der Waals surface area contributed by atoms with Gasteiger partial charge in [-0.05, 0) is 19.1 Å². The fourth-order valence-electron chi connectivity index (χ4n) is 3.12. The standard InChI is InChI=1S/C18H22N4O5/c1-11-14(20-27-19-11)10-21(2)18(24)12-7-17(23)22(9-12)15-6-5-13(25-3)8-16(15)26-4/h5-6,8,12H,7,9-10H2,1-4H3/t12-/m0/s1. The number of hydrogen-bond donors (Lipinski definition) is 0. The number of anilines is 1. The van der Waals surface area contributed by atoms with Crippen LogP contribution >= 0.6 is 0 Å². The van der Waals surface area contributed by atoms with Gasteiger partial charge in [0.05, 0.1) is 32.4 Å². The molecule has 3 rings (SSSR count). The van der Waals surface area contributed by atoms with Gasteiger partial charge >= 0.3 is 0 Å². The number of carbonyl (C=O) groups is 2. The third-order valence-electron chi connectivity index (χ3n) is 4.66. The van der Waals surface area contributed by atoms with E-state index >= 15 is 0 Å². The summed E-state index contributed by atoms with van der Waals surface area (Å²) in [5.74, 6) is 0.472. The van der Waals surface area contributed by atoms with Crippen LogP contribution in [0.15, 0.2) is 22.8 Å². The van der Waals surface area contributed by atoms with Crippen molar-refractivity contribution in [1.82, 2.24) is 15.2 Å². The summed E-state index contributed by atoms with van der Waals surface area (Å²) in [5.41, 5.74) is 1.86. The van der Waals surface area contributed by atoms with Crippen LogP contribution in [-0.4, -0.2) is 54.8 Å². The summed E-state index contributed by atoms with van der Waals surface area (Å²) in [6.07, 6.45) is 0.147. The van der Waals surface area contributed by atoms with Crippen molar-refractivity contribution in [2.45, 2.75) is 19.9 Å². The molecule has 27 heavy (non-hydrogen) atoms. The molecule has 1 saturated heterocycles. The lowest BCUT2D eigenvalue weighted by molar-refractivity contribution is -0.135. The van der Waals surface area contributed by atoms with E-state index in [0.717, 1.165) is 0 Å². The minimum Gasteiger partial charge on any atom is -0.497 e. The number of carbonyl (C=O) groups excluding carboxylic acids is 2. The van der Waals surface area contributed by atoms with E-state index in [4.69, 9.17) is 9.47 Å². The van der Waals surface area contributed by atoms with Crippen molar-refractivity contribution in [2.24, 2.45) is 5.92 Å². The Morgan fingerprint density at radius 3 is 2.74 bits per heavy atom. The van der Waals surface area contributed by atoms with Crippen molar-refractivity contribution < 1.29 is 23.7 Å². The van der Waals surface area contributed by atoms with Crippen LogP contribution in [0.1, 0.15) is 17.8 Å². The molecular formula is C18H22N4O5. The summed E-state index contributed by atoms with van der Waals surface area (Å²) in [7, 11) is 4.77. The van der Waals surface area contributed by atoms with Crippen molar-refractivity contribution in [3.05, 3.63) is 29.6 Å². The van der Waals surface area contributed by atoms with Gasteiger partial charge in [0, 0.05) is 26.1 Å². The fraction of sp³-hybridized carbons (Fsp3) is 0.444. The number of methoxy groups -OCH3 is 2. The quantitative estimate of drug-likeness (QED) is 0.754. The number of hydrogen-bond acceptors (Lipinski definition) is 7. The maximum Gasteiger partial charge on any atom is 0.228 e. The summed E-state index contributed by atoms with van der Waals surface area (Å²) >= 11 is 0. The maximum atomic E-state index is 12.8. The summed E-state index contributed by atoms with van der Waals surface area (Å²) in [5, 5.41) is 7.51. The molecule has 0 spiro atoms. The molecule has 2 amide bonds. The highest BCUT2D eigenvalue weighted by Gasteiger charge is 2.37. The van der Waals surface area contributed by atoms with Gasteiger partial charge in [0.25, 0.3) is 0 Å². The number of aromatic nitrogens is 2. The van der Waals surface area contributed by atoms with Gasteiger partial charge in [0.15, 0.2) is 0 Å². The van der Waals surface area contributed by atoms with Crippen LogP contribution < -0.4 is 14.4 Å². The summed E-state index contributed by atoms with van der Waals surface area (Å²) in [4.78, 5) is 28.4. The van der Waals surface area contributed by atoms with E-state index in [1.54, 1.807) is 49.1 Å². The van der Waals surface area contributed by atoms with Gasteiger partial charge in [-0.25, -0.2) is 4.63 Å². The average molecular weight is 374 g/mol. The molecule has 9 heteroatoms.